The number of hydrogen-bond acceptors (Lipinski definition) is 7. The molecule has 0 aromatic heterocycles. The summed E-state index contributed by atoms with van der Waals surface area (Å²) in [6.07, 6.45) is 0.622. The number of hydrogen-bond donors (Lipinski definition) is 0. The molecule has 0 fully saturated rings. The van der Waals surface area contributed by atoms with E-state index in [1.807, 2.05) is 4.90 Å². The maximum Gasteiger partial charge on any atom is 0.306 e. The minimum Gasteiger partial charge on any atom is -0.469 e. The van der Waals surface area contributed by atoms with Crippen LogP contribution in [-0.2, 0) is 28.6 Å². The quantitative estimate of drug-likeness (QED) is 0.432. The topological polar surface area (TPSA) is 82.1 Å². The molecule has 110 valence electrons. The largest absolute Gasteiger partial charge is 0.469 e. The Hall–Kier alpha value is -1.63. The van der Waals surface area contributed by atoms with Gasteiger partial charge in [-0.1, -0.05) is 0 Å². The predicted molar refractivity (Wildman–Crippen MR) is 66.3 cm³/mol. The molecule has 0 rings (SSSR count). The zero-order valence-electron chi connectivity index (χ0n) is 11.6. The average molecular weight is 275 g/mol. The Morgan fingerprint density at radius 1 is 0.684 bits per heavy atom. The van der Waals surface area contributed by atoms with Crippen molar-refractivity contribution < 1.29 is 28.6 Å². The molecule has 0 aromatic carbocycles. The first-order valence-electron chi connectivity index (χ1n) is 5.96. The molecule has 0 N–H and O–H groups in total. The molecule has 0 aliphatic rings. The molecule has 0 aliphatic carbocycles. The van der Waals surface area contributed by atoms with Crippen molar-refractivity contribution in [3.05, 3.63) is 0 Å². The summed E-state index contributed by atoms with van der Waals surface area (Å²) in [6.45, 7) is 1.25. The lowest BCUT2D eigenvalue weighted by Crippen LogP contribution is -2.31. The van der Waals surface area contributed by atoms with Crippen LogP contribution in [0.3, 0.4) is 0 Å². The molecule has 0 unspecified atom stereocenters. The molecule has 0 radical (unpaired) electrons. The first-order valence-corrected chi connectivity index (χ1v) is 5.96. The van der Waals surface area contributed by atoms with Crippen LogP contribution in [-0.4, -0.2) is 63.8 Å². The first-order chi connectivity index (χ1) is 9.03. The first kappa shape index (κ1) is 17.4. The van der Waals surface area contributed by atoms with E-state index in [0.717, 1.165) is 0 Å². The van der Waals surface area contributed by atoms with Crippen molar-refractivity contribution in [3.8, 4) is 0 Å². The highest BCUT2D eigenvalue weighted by molar-refractivity contribution is 5.70. The van der Waals surface area contributed by atoms with E-state index < -0.39 is 0 Å². The fourth-order valence-corrected chi connectivity index (χ4v) is 1.39. The minimum atomic E-state index is -0.332. The highest BCUT2D eigenvalue weighted by Gasteiger charge is 2.12. The summed E-state index contributed by atoms with van der Waals surface area (Å²) in [5.74, 6) is -0.997. The fourth-order valence-electron chi connectivity index (χ4n) is 1.39. The highest BCUT2D eigenvalue weighted by atomic mass is 16.5. The number of carbonyl (C=O) groups is 3. The lowest BCUT2D eigenvalue weighted by Gasteiger charge is -2.20. The maximum atomic E-state index is 11.1. The molecule has 0 aromatic rings. The summed E-state index contributed by atoms with van der Waals surface area (Å²) < 4.78 is 13.6. The van der Waals surface area contributed by atoms with E-state index in [1.165, 1.54) is 21.3 Å². The van der Waals surface area contributed by atoms with Gasteiger partial charge in [0.1, 0.15) is 0 Å². The van der Waals surface area contributed by atoms with Crippen molar-refractivity contribution in [2.75, 3.05) is 41.0 Å². The Morgan fingerprint density at radius 3 is 1.16 bits per heavy atom. The maximum absolute atomic E-state index is 11.1. The monoisotopic (exact) mass is 275 g/mol. The average Bonchev–Trinajstić information content (AvgIpc) is 2.44. The summed E-state index contributed by atoms with van der Waals surface area (Å²) >= 11 is 0. The van der Waals surface area contributed by atoms with Gasteiger partial charge in [0.05, 0.1) is 40.6 Å². The van der Waals surface area contributed by atoms with Crippen molar-refractivity contribution in [2.24, 2.45) is 0 Å². The second-order valence-corrected chi connectivity index (χ2v) is 3.82. The molecule has 0 spiro atoms. The van der Waals surface area contributed by atoms with E-state index in [4.69, 9.17) is 0 Å². The van der Waals surface area contributed by atoms with Gasteiger partial charge in [0.25, 0.3) is 0 Å². The summed E-state index contributed by atoms with van der Waals surface area (Å²) in [6, 6.07) is 0. The second-order valence-electron chi connectivity index (χ2n) is 3.82. The number of methoxy groups -OCH3 is 3. The highest BCUT2D eigenvalue weighted by Crippen LogP contribution is 2.00. The second kappa shape index (κ2) is 10.3. The molecule has 0 amide bonds. The predicted octanol–water partition coefficient (Wildman–Crippen LogP) is -0.0223. The molecule has 7 nitrogen and oxygen atoms in total. The molecule has 0 bridgehead atoms. The summed E-state index contributed by atoms with van der Waals surface area (Å²) in [4.78, 5) is 35.0. The van der Waals surface area contributed by atoms with Crippen LogP contribution in [0, 0.1) is 0 Å². The summed E-state index contributed by atoms with van der Waals surface area (Å²) in [7, 11) is 3.95. The minimum absolute atomic E-state index is 0.207. The van der Waals surface area contributed by atoms with E-state index in [9.17, 15) is 14.4 Å². The lowest BCUT2D eigenvalue weighted by atomic mass is 10.3. The van der Waals surface area contributed by atoms with Gasteiger partial charge < -0.3 is 19.1 Å². The van der Waals surface area contributed by atoms with E-state index >= 15 is 0 Å². The van der Waals surface area contributed by atoms with Crippen LogP contribution in [0.15, 0.2) is 0 Å². The van der Waals surface area contributed by atoms with Crippen LogP contribution in [0.25, 0.3) is 0 Å². The van der Waals surface area contributed by atoms with Crippen LogP contribution >= 0.6 is 0 Å². The van der Waals surface area contributed by atoms with Crippen LogP contribution in [0.1, 0.15) is 19.3 Å². The third kappa shape index (κ3) is 9.01. The zero-order valence-corrected chi connectivity index (χ0v) is 11.6. The molecule has 0 aliphatic heterocycles. The normalized spacial score (nSPS) is 10.1. The lowest BCUT2D eigenvalue weighted by molar-refractivity contribution is -0.141. The van der Waals surface area contributed by atoms with Crippen LogP contribution < -0.4 is 0 Å². The Balaban J connectivity index is 4.16. The van der Waals surface area contributed by atoms with E-state index in [-0.39, 0.29) is 37.2 Å². The van der Waals surface area contributed by atoms with Crippen molar-refractivity contribution >= 4 is 17.9 Å². The van der Waals surface area contributed by atoms with Gasteiger partial charge in [0.15, 0.2) is 0 Å². The van der Waals surface area contributed by atoms with Gasteiger partial charge >= 0.3 is 17.9 Å². The summed E-state index contributed by atoms with van der Waals surface area (Å²) in [5.41, 5.74) is 0. The molecule has 0 saturated heterocycles. The number of rotatable bonds is 9. The van der Waals surface area contributed by atoms with Crippen LogP contribution in [0.2, 0.25) is 0 Å². The van der Waals surface area contributed by atoms with E-state index in [1.54, 1.807) is 0 Å². The van der Waals surface area contributed by atoms with Gasteiger partial charge in [-0.3, -0.25) is 14.4 Å². The van der Waals surface area contributed by atoms with Crippen molar-refractivity contribution in [3.63, 3.8) is 0 Å². The zero-order chi connectivity index (χ0) is 14.7. The molecule has 0 heterocycles. The van der Waals surface area contributed by atoms with Gasteiger partial charge in [-0.25, -0.2) is 0 Å². The van der Waals surface area contributed by atoms with Crippen molar-refractivity contribution in [1.82, 2.24) is 4.90 Å². The van der Waals surface area contributed by atoms with Crippen molar-refractivity contribution in [1.29, 1.82) is 0 Å². The van der Waals surface area contributed by atoms with Crippen LogP contribution in [0.5, 0.6) is 0 Å². The number of carbonyl (C=O) groups excluding carboxylic acids is 3. The Kier molecular flexibility index (Phi) is 9.42. The molecular formula is C12H21NO6. The number of ether oxygens (including phenoxy) is 3. The third-order valence-electron chi connectivity index (χ3n) is 2.58. The fraction of sp³-hybridized carbons (Fsp3) is 0.750. The van der Waals surface area contributed by atoms with Gasteiger partial charge in [-0.15, -0.1) is 0 Å². The smallest absolute Gasteiger partial charge is 0.306 e. The van der Waals surface area contributed by atoms with Gasteiger partial charge in [0, 0.05) is 19.6 Å². The SMILES string of the molecule is COC(=O)CCN(CCC(=O)OC)CCC(=O)OC. The molecule has 0 saturated carbocycles. The van der Waals surface area contributed by atoms with E-state index in [2.05, 4.69) is 14.2 Å². The third-order valence-corrected chi connectivity index (χ3v) is 2.58. The molecule has 19 heavy (non-hydrogen) atoms. The molecule has 0 atom stereocenters. The Bertz CT molecular complexity index is 257. The van der Waals surface area contributed by atoms with Crippen molar-refractivity contribution in [2.45, 2.75) is 19.3 Å². The van der Waals surface area contributed by atoms with Gasteiger partial charge in [-0.2, -0.15) is 0 Å². The van der Waals surface area contributed by atoms with Gasteiger partial charge in [-0.05, 0) is 0 Å². The Morgan fingerprint density at radius 2 is 0.947 bits per heavy atom. The summed E-state index contributed by atoms with van der Waals surface area (Å²) in [5, 5.41) is 0. The van der Waals surface area contributed by atoms with E-state index in [0.29, 0.717) is 19.6 Å². The standard InChI is InChI=1S/C12H21NO6/c1-17-10(14)4-7-13(8-5-11(15)18-2)9-6-12(16)19-3/h4-9H2,1-3H3. The van der Waals surface area contributed by atoms with Crippen LogP contribution in [0.4, 0.5) is 0 Å². The molecular weight excluding hydrogens is 254 g/mol. The Labute approximate surface area is 112 Å². The van der Waals surface area contributed by atoms with Gasteiger partial charge in [0.2, 0.25) is 0 Å². The number of esters is 3. The molecule has 7 heteroatoms. The number of nitrogens with zero attached hydrogens (tertiary/aromatic N) is 1.